The lowest BCUT2D eigenvalue weighted by molar-refractivity contribution is -0.142. The first-order valence-corrected chi connectivity index (χ1v) is 10.4. The third-order valence-corrected chi connectivity index (χ3v) is 5.93. The zero-order chi connectivity index (χ0) is 22.4. The van der Waals surface area contributed by atoms with Crippen molar-refractivity contribution in [1.82, 2.24) is 10.2 Å². The summed E-state index contributed by atoms with van der Waals surface area (Å²) in [6.45, 7) is 4.04. The summed E-state index contributed by atoms with van der Waals surface area (Å²) in [6, 6.07) is 6.81. The van der Waals surface area contributed by atoms with Crippen molar-refractivity contribution in [2.75, 3.05) is 37.7 Å². The number of piperidine rings is 1. The van der Waals surface area contributed by atoms with Crippen molar-refractivity contribution >= 4 is 29.4 Å². The lowest BCUT2D eigenvalue weighted by Gasteiger charge is -2.38. The Balaban J connectivity index is 1.52. The summed E-state index contributed by atoms with van der Waals surface area (Å²) in [5, 5.41) is 14.5. The molecule has 2 aliphatic rings. The Hall–Kier alpha value is -3.30. The SMILES string of the molecule is CCOC(=O)CCNC(=O)N1CCC2(CC1)CC(=O)N(c1ccc(/C(N)=N/O)cc1)C2. The fourth-order valence-corrected chi connectivity index (χ4v) is 4.14. The van der Waals surface area contributed by atoms with Gasteiger partial charge >= 0.3 is 12.0 Å². The minimum Gasteiger partial charge on any atom is -0.466 e. The van der Waals surface area contributed by atoms with Gasteiger partial charge in [-0.2, -0.15) is 0 Å². The number of benzene rings is 1. The van der Waals surface area contributed by atoms with E-state index in [-0.39, 0.29) is 42.1 Å². The highest BCUT2D eigenvalue weighted by Crippen LogP contribution is 2.42. The molecule has 10 heteroatoms. The van der Waals surface area contributed by atoms with E-state index in [1.165, 1.54) is 0 Å². The number of amides is 3. The van der Waals surface area contributed by atoms with Gasteiger partial charge in [-0.1, -0.05) is 5.16 Å². The van der Waals surface area contributed by atoms with Crippen LogP contribution >= 0.6 is 0 Å². The average Bonchev–Trinajstić information content (AvgIpc) is 3.09. The number of nitrogens with zero attached hydrogens (tertiary/aromatic N) is 3. The second-order valence-corrected chi connectivity index (χ2v) is 7.96. The minimum atomic E-state index is -0.329. The Kier molecular flexibility index (Phi) is 6.98. The van der Waals surface area contributed by atoms with Crippen LogP contribution in [0.4, 0.5) is 10.5 Å². The van der Waals surface area contributed by atoms with Crippen molar-refractivity contribution in [3.63, 3.8) is 0 Å². The third kappa shape index (κ3) is 5.25. The first-order chi connectivity index (χ1) is 14.9. The number of urea groups is 1. The van der Waals surface area contributed by atoms with Crippen LogP contribution in [-0.2, 0) is 14.3 Å². The molecule has 0 bridgehead atoms. The van der Waals surface area contributed by atoms with Crippen LogP contribution < -0.4 is 16.0 Å². The number of esters is 1. The van der Waals surface area contributed by atoms with Gasteiger partial charge in [-0.3, -0.25) is 9.59 Å². The van der Waals surface area contributed by atoms with Crippen LogP contribution in [0.5, 0.6) is 0 Å². The molecule has 0 radical (unpaired) electrons. The van der Waals surface area contributed by atoms with E-state index in [1.807, 2.05) is 0 Å². The predicted molar refractivity (Wildman–Crippen MR) is 114 cm³/mol. The van der Waals surface area contributed by atoms with Crippen LogP contribution in [0.1, 0.15) is 38.2 Å². The molecule has 1 spiro atoms. The lowest BCUT2D eigenvalue weighted by atomic mass is 9.77. The lowest BCUT2D eigenvalue weighted by Crippen LogP contribution is -2.48. The molecule has 0 saturated carbocycles. The van der Waals surface area contributed by atoms with Gasteiger partial charge in [0.2, 0.25) is 5.91 Å². The highest BCUT2D eigenvalue weighted by molar-refractivity contribution is 5.99. The number of amidine groups is 1. The Labute approximate surface area is 181 Å². The van der Waals surface area contributed by atoms with E-state index in [2.05, 4.69) is 10.5 Å². The van der Waals surface area contributed by atoms with Crippen LogP contribution in [0.2, 0.25) is 0 Å². The molecule has 0 unspecified atom stereocenters. The van der Waals surface area contributed by atoms with Crippen LogP contribution in [0, 0.1) is 5.41 Å². The van der Waals surface area contributed by atoms with Crippen molar-refractivity contribution in [2.24, 2.45) is 16.3 Å². The van der Waals surface area contributed by atoms with Crippen molar-refractivity contribution in [1.29, 1.82) is 0 Å². The molecule has 31 heavy (non-hydrogen) atoms. The van der Waals surface area contributed by atoms with E-state index in [4.69, 9.17) is 15.7 Å². The number of hydrogen-bond donors (Lipinski definition) is 3. The highest BCUT2D eigenvalue weighted by Gasteiger charge is 2.45. The van der Waals surface area contributed by atoms with E-state index in [9.17, 15) is 14.4 Å². The van der Waals surface area contributed by atoms with Crippen molar-refractivity contribution in [2.45, 2.75) is 32.6 Å². The third-order valence-electron chi connectivity index (χ3n) is 5.93. The smallest absolute Gasteiger partial charge is 0.317 e. The predicted octanol–water partition coefficient (Wildman–Crippen LogP) is 1.26. The first-order valence-electron chi connectivity index (χ1n) is 10.4. The quantitative estimate of drug-likeness (QED) is 0.204. The van der Waals surface area contributed by atoms with Crippen LogP contribution in [0.25, 0.3) is 0 Å². The maximum Gasteiger partial charge on any atom is 0.317 e. The molecule has 0 aliphatic carbocycles. The van der Waals surface area contributed by atoms with E-state index in [0.29, 0.717) is 38.2 Å². The molecule has 2 aliphatic heterocycles. The Morgan fingerprint density at radius 2 is 1.94 bits per heavy atom. The fraction of sp³-hybridized carbons (Fsp3) is 0.524. The van der Waals surface area contributed by atoms with Crippen LogP contribution in [-0.4, -0.2) is 66.6 Å². The molecule has 0 aromatic heterocycles. The summed E-state index contributed by atoms with van der Waals surface area (Å²) in [6.07, 6.45) is 2.08. The Morgan fingerprint density at radius 3 is 2.55 bits per heavy atom. The second-order valence-electron chi connectivity index (χ2n) is 7.96. The summed E-state index contributed by atoms with van der Waals surface area (Å²) in [4.78, 5) is 39.9. The summed E-state index contributed by atoms with van der Waals surface area (Å²) >= 11 is 0. The summed E-state index contributed by atoms with van der Waals surface area (Å²) in [5.74, 6) is -0.253. The standard InChI is InChI=1S/C21H29N5O5/c1-2-31-18(28)7-10-23-20(29)25-11-8-21(9-12-25)13-17(27)26(14-21)16-5-3-15(4-6-16)19(22)24-30/h3-6,30H,2,7-14H2,1H3,(H2,22,24)(H,23,29). The zero-order valence-corrected chi connectivity index (χ0v) is 17.7. The van der Waals surface area contributed by atoms with Crippen molar-refractivity contribution < 1.29 is 24.3 Å². The molecule has 2 heterocycles. The maximum atomic E-state index is 12.7. The molecular formula is C21H29N5O5. The van der Waals surface area contributed by atoms with Crippen LogP contribution in [0.3, 0.4) is 0 Å². The van der Waals surface area contributed by atoms with E-state index < -0.39 is 0 Å². The molecule has 4 N–H and O–H groups in total. The number of anilines is 1. The normalized spacial score (nSPS) is 18.4. The molecule has 168 valence electrons. The Bertz CT molecular complexity index is 846. The minimum absolute atomic E-state index is 0.0173. The summed E-state index contributed by atoms with van der Waals surface area (Å²) in [5.41, 5.74) is 6.79. The van der Waals surface area contributed by atoms with Gasteiger partial charge in [0.25, 0.3) is 0 Å². The zero-order valence-electron chi connectivity index (χ0n) is 17.7. The van der Waals surface area contributed by atoms with E-state index in [0.717, 1.165) is 18.5 Å². The highest BCUT2D eigenvalue weighted by atomic mass is 16.5. The number of oxime groups is 1. The van der Waals surface area contributed by atoms with Gasteiger partial charge in [0, 0.05) is 49.3 Å². The van der Waals surface area contributed by atoms with E-state index in [1.54, 1.807) is 41.0 Å². The van der Waals surface area contributed by atoms with Gasteiger partial charge in [-0.15, -0.1) is 0 Å². The number of nitrogens with one attached hydrogen (secondary N) is 1. The van der Waals surface area contributed by atoms with Crippen molar-refractivity contribution in [3.05, 3.63) is 29.8 Å². The Morgan fingerprint density at radius 1 is 1.26 bits per heavy atom. The number of carbonyl (C=O) groups excluding carboxylic acids is 3. The molecular weight excluding hydrogens is 402 g/mol. The number of ether oxygens (including phenoxy) is 1. The number of likely N-dealkylation sites (tertiary alicyclic amines) is 1. The molecule has 3 rings (SSSR count). The number of carbonyl (C=O) groups is 3. The van der Waals surface area contributed by atoms with Crippen LogP contribution in [0.15, 0.2) is 29.4 Å². The van der Waals surface area contributed by atoms with E-state index >= 15 is 0 Å². The van der Waals surface area contributed by atoms with Gasteiger partial charge in [-0.25, -0.2) is 4.79 Å². The van der Waals surface area contributed by atoms with Gasteiger partial charge < -0.3 is 30.8 Å². The van der Waals surface area contributed by atoms with Gasteiger partial charge in [0.15, 0.2) is 5.84 Å². The summed E-state index contributed by atoms with van der Waals surface area (Å²) in [7, 11) is 0. The molecule has 0 atom stereocenters. The van der Waals surface area contributed by atoms with Gasteiger partial charge in [-0.05, 0) is 44.0 Å². The topological polar surface area (TPSA) is 138 Å². The van der Waals surface area contributed by atoms with Crippen molar-refractivity contribution in [3.8, 4) is 0 Å². The monoisotopic (exact) mass is 431 g/mol. The number of hydrogen-bond acceptors (Lipinski definition) is 6. The molecule has 1 aromatic rings. The molecule has 2 saturated heterocycles. The van der Waals surface area contributed by atoms with Gasteiger partial charge in [0.1, 0.15) is 0 Å². The number of nitrogens with two attached hydrogens (primary N) is 1. The first kappa shape index (κ1) is 22.4. The molecule has 1 aromatic carbocycles. The largest absolute Gasteiger partial charge is 0.466 e. The molecule has 2 fully saturated rings. The summed E-state index contributed by atoms with van der Waals surface area (Å²) < 4.78 is 4.85. The maximum absolute atomic E-state index is 12.7. The second kappa shape index (κ2) is 9.67. The average molecular weight is 431 g/mol. The molecule has 10 nitrogen and oxygen atoms in total. The number of rotatable bonds is 6. The van der Waals surface area contributed by atoms with Gasteiger partial charge in [0.05, 0.1) is 13.0 Å². The molecule has 3 amide bonds. The fourth-order valence-electron chi connectivity index (χ4n) is 4.14.